The highest BCUT2D eigenvalue weighted by molar-refractivity contribution is 9.10. The third kappa shape index (κ3) is 2.79. The van der Waals surface area contributed by atoms with Crippen molar-refractivity contribution >= 4 is 33.2 Å². The van der Waals surface area contributed by atoms with Crippen LogP contribution in [0, 0.1) is 5.41 Å². The number of halogens is 2. The molecule has 2 rings (SSSR count). The fraction of sp³-hybridized carbons (Fsp3) is 0.600. The van der Waals surface area contributed by atoms with Crippen LogP contribution in [0.2, 0.25) is 5.02 Å². The van der Waals surface area contributed by atoms with Crippen molar-refractivity contribution in [1.82, 2.24) is 0 Å². The zero-order valence-corrected chi connectivity index (χ0v) is 14.0. The normalized spacial score (nSPS) is 29.9. The lowest BCUT2D eigenvalue weighted by Gasteiger charge is -2.54. The Labute approximate surface area is 129 Å². The molecular weight excluding hydrogens is 326 g/mol. The standard InChI is InChI=1S/C15H21BrClNO/c1-4-15(3)12(9-13(15)19-5-2)18-11-8-6-7-10(17)14(11)16/h6-8,12-13,18H,4-5,9H2,1-3H3. The molecule has 19 heavy (non-hydrogen) atoms. The molecule has 3 unspecified atom stereocenters. The van der Waals surface area contributed by atoms with Gasteiger partial charge in [-0.05, 0) is 47.8 Å². The number of ether oxygens (including phenoxy) is 1. The van der Waals surface area contributed by atoms with Crippen molar-refractivity contribution in [3.05, 3.63) is 27.7 Å². The Morgan fingerprint density at radius 1 is 1.47 bits per heavy atom. The maximum Gasteiger partial charge on any atom is 0.0667 e. The topological polar surface area (TPSA) is 21.3 Å². The lowest BCUT2D eigenvalue weighted by atomic mass is 9.61. The predicted molar refractivity (Wildman–Crippen MR) is 85.0 cm³/mol. The summed E-state index contributed by atoms with van der Waals surface area (Å²) in [5.41, 5.74) is 1.25. The summed E-state index contributed by atoms with van der Waals surface area (Å²) in [5, 5.41) is 4.35. The maximum absolute atomic E-state index is 6.13. The highest BCUT2D eigenvalue weighted by Gasteiger charge is 2.51. The quantitative estimate of drug-likeness (QED) is 0.800. The molecule has 1 aromatic carbocycles. The average Bonchev–Trinajstić information content (AvgIpc) is 2.41. The molecule has 106 valence electrons. The summed E-state index contributed by atoms with van der Waals surface area (Å²) in [6, 6.07) is 6.35. The van der Waals surface area contributed by atoms with Gasteiger partial charge in [0.05, 0.1) is 21.3 Å². The summed E-state index contributed by atoms with van der Waals surface area (Å²) >= 11 is 9.67. The Morgan fingerprint density at radius 3 is 2.84 bits per heavy atom. The largest absolute Gasteiger partial charge is 0.381 e. The fourth-order valence-electron chi connectivity index (χ4n) is 2.78. The molecule has 0 aromatic heterocycles. The second-order valence-electron chi connectivity index (χ2n) is 5.34. The maximum atomic E-state index is 6.13. The van der Waals surface area contributed by atoms with Gasteiger partial charge >= 0.3 is 0 Å². The van der Waals surface area contributed by atoms with E-state index < -0.39 is 0 Å². The molecule has 0 radical (unpaired) electrons. The third-order valence-electron chi connectivity index (χ3n) is 4.39. The van der Waals surface area contributed by atoms with Crippen LogP contribution in [0.3, 0.4) is 0 Å². The minimum Gasteiger partial charge on any atom is -0.381 e. The van der Waals surface area contributed by atoms with E-state index in [9.17, 15) is 0 Å². The summed E-state index contributed by atoms with van der Waals surface area (Å²) in [6.45, 7) is 7.37. The van der Waals surface area contributed by atoms with Gasteiger partial charge in [0.25, 0.3) is 0 Å². The molecule has 1 aliphatic rings. The van der Waals surface area contributed by atoms with Crippen LogP contribution in [0.15, 0.2) is 22.7 Å². The predicted octanol–water partition coefficient (Wildman–Crippen LogP) is 5.11. The van der Waals surface area contributed by atoms with Crippen LogP contribution in [0.4, 0.5) is 5.69 Å². The monoisotopic (exact) mass is 345 g/mol. The minimum atomic E-state index is 0.192. The van der Waals surface area contributed by atoms with Crippen LogP contribution in [-0.2, 0) is 4.74 Å². The van der Waals surface area contributed by atoms with Crippen LogP contribution in [0.25, 0.3) is 0 Å². The van der Waals surface area contributed by atoms with Crippen molar-refractivity contribution in [2.75, 3.05) is 11.9 Å². The molecule has 0 amide bonds. The molecule has 4 heteroatoms. The van der Waals surface area contributed by atoms with Gasteiger partial charge in [-0.15, -0.1) is 0 Å². The van der Waals surface area contributed by atoms with Gasteiger partial charge in [0.1, 0.15) is 0 Å². The first-order valence-electron chi connectivity index (χ1n) is 6.85. The average molecular weight is 347 g/mol. The van der Waals surface area contributed by atoms with Crippen molar-refractivity contribution in [1.29, 1.82) is 0 Å². The van der Waals surface area contributed by atoms with Crippen LogP contribution >= 0.6 is 27.5 Å². The van der Waals surface area contributed by atoms with Crippen LogP contribution in [0.5, 0.6) is 0 Å². The van der Waals surface area contributed by atoms with Crippen molar-refractivity contribution in [3.8, 4) is 0 Å². The van der Waals surface area contributed by atoms with E-state index in [2.05, 4.69) is 48.1 Å². The number of benzene rings is 1. The van der Waals surface area contributed by atoms with Gasteiger partial charge in [-0.1, -0.05) is 31.5 Å². The first-order chi connectivity index (χ1) is 9.02. The molecule has 0 spiro atoms. The first-order valence-corrected chi connectivity index (χ1v) is 8.02. The van der Waals surface area contributed by atoms with Gasteiger partial charge in [-0.2, -0.15) is 0 Å². The highest BCUT2D eigenvalue weighted by atomic mass is 79.9. The molecule has 1 aliphatic carbocycles. The number of anilines is 1. The Hall–Kier alpha value is -0.250. The van der Waals surface area contributed by atoms with E-state index >= 15 is 0 Å². The summed E-state index contributed by atoms with van der Waals surface area (Å²) in [4.78, 5) is 0. The van der Waals surface area contributed by atoms with E-state index in [4.69, 9.17) is 16.3 Å². The van der Waals surface area contributed by atoms with Gasteiger partial charge < -0.3 is 10.1 Å². The molecule has 1 saturated carbocycles. The smallest absolute Gasteiger partial charge is 0.0667 e. The molecule has 1 N–H and O–H groups in total. The number of hydrogen-bond donors (Lipinski definition) is 1. The van der Waals surface area contributed by atoms with Gasteiger partial charge in [0.2, 0.25) is 0 Å². The van der Waals surface area contributed by atoms with Gasteiger partial charge in [-0.3, -0.25) is 0 Å². The summed E-state index contributed by atoms with van der Waals surface area (Å²) < 4.78 is 6.77. The van der Waals surface area contributed by atoms with E-state index in [1.54, 1.807) is 0 Å². The molecule has 0 heterocycles. The van der Waals surface area contributed by atoms with E-state index in [1.807, 2.05) is 12.1 Å². The second kappa shape index (κ2) is 6.02. The molecule has 1 fully saturated rings. The molecule has 0 aliphatic heterocycles. The lowest BCUT2D eigenvalue weighted by Crippen LogP contribution is -2.59. The van der Waals surface area contributed by atoms with E-state index in [0.29, 0.717) is 12.1 Å². The highest BCUT2D eigenvalue weighted by Crippen LogP contribution is 2.48. The van der Waals surface area contributed by atoms with Crippen molar-refractivity contribution in [2.45, 2.75) is 45.8 Å². The number of hydrogen-bond acceptors (Lipinski definition) is 2. The lowest BCUT2D eigenvalue weighted by molar-refractivity contribution is -0.109. The Bertz CT molecular complexity index is 454. The Kier molecular flexibility index (Phi) is 4.80. The molecule has 1 aromatic rings. The number of rotatable bonds is 5. The van der Waals surface area contributed by atoms with Crippen LogP contribution < -0.4 is 5.32 Å². The Balaban J connectivity index is 2.10. The minimum absolute atomic E-state index is 0.192. The van der Waals surface area contributed by atoms with Crippen molar-refractivity contribution < 1.29 is 4.74 Å². The van der Waals surface area contributed by atoms with Crippen LogP contribution in [-0.4, -0.2) is 18.8 Å². The number of nitrogens with one attached hydrogen (secondary N) is 1. The van der Waals surface area contributed by atoms with Crippen molar-refractivity contribution in [3.63, 3.8) is 0 Å². The molecule has 3 atom stereocenters. The molecule has 0 saturated heterocycles. The molecule has 2 nitrogen and oxygen atoms in total. The third-order valence-corrected chi connectivity index (χ3v) is 5.79. The summed E-state index contributed by atoms with van der Waals surface area (Å²) in [5.74, 6) is 0. The van der Waals surface area contributed by atoms with Gasteiger partial charge in [0.15, 0.2) is 0 Å². The zero-order chi connectivity index (χ0) is 14.0. The van der Waals surface area contributed by atoms with Crippen LogP contribution in [0.1, 0.15) is 33.6 Å². The fourth-order valence-corrected chi connectivity index (χ4v) is 3.33. The van der Waals surface area contributed by atoms with Crippen molar-refractivity contribution in [2.24, 2.45) is 5.41 Å². The van der Waals surface area contributed by atoms with Gasteiger partial charge in [-0.25, -0.2) is 0 Å². The Morgan fingerprint density at radius 2 is 2.21 bits per heavy atom. The van der Waals surface area contributed by atoms with E-state index in [0.717, 1.165) is 34.6 Å². The zero-order valence-electron chi connectivity index (χ0n) is 11.7. The summed E-state index contributed by atoms with van der Waals surface area (Å²) in [6.07, 6.45) is 2.52. The van der Waals surface area contributed by atoms with E-state index in [1.165, 1.54) is 0 Å². The molecular formula is C15H21BrClNO. The molecule has 0 bridgehead atoms. The SMILES string of the molecule is CCOC1CC(Nc2cccc(Cl)c2Br)C1(C)CC. The second-order valence-corrected chi connectivity index (χ2v) is 6.54. The summed E-state index contributed by atoms with van der Waals surface area (Å²) in [7, 11) is 0. The van der Waals surface area contributed by atoms with E-state index in [-0.39, 0.29) is 5.41 Å². The van der Waals surface area contributed by atoms with Gasteiger partial charge in [0, 0.05) is 18.1 Å². The first kappa shape index (κ1) is 15.1.